The lowest BCUT2D eigenvalue weighted by molar-refractivity contribution is -0.141. The highest BCUT2D eigenvalue weighted by Crippen LogP contribution is 1.97. The largest absolute Gasteiger partial charge is 0.502 e. The molecule has 1 aromatic carbocycles. The number of benzene rings is 1. The van der Waals surface area contributed by atoms with Gasteiger partial charge in [-0.2, -0.15) is 0 Å². The molecular weight excluding hydrogens is 412 g/mol. The summed E-state index contributed by atoms with van der Waals surface area (Å²) in [6, 6.07) is 10.0. The van der Waals surface area contributed by atoms with Crippen molar-refractivity contribution in [3.05, 3.63) is 79.6 Å². The highest BCUT2D eigenvalue weighted by atomic mass is 16.5. The molecule has 0 heterocycles. The second kappa shape index (κ2) is 23.7. The van der Waals surface area contributed by atoms with Crippen LogP contribution < -0.4 is 0 Å². The van der Waals surface area contributed by atoms with Crippen LogP contribution in [0.5, 0.6) is 0 Å². The van der Waals surface area contributed by atoms with Gasteiger partial charge in [0.2, 0.25) is 0 Å². The first-order valence-corrected chi connectivity index (χ1v) is 9.86. The number of esters is 3. The normalized spacial score (nSPS) is 8.25. The third-order valence-corrected chi connectivity index (χ3v) is 2.99. The molecule has 0 aliphatic heterocycles. The van der Waals surface area contributed by atoms with Gasteiger partial charge in [-0.3, -0.25) is 0 Å². The summed E-state index contributed by atoms with van der Waals surface area (Å²) in [5.74, 6) is -1.98. The van der Waals surface area contributed by atoms with Crippen LogP contribution in [0.2, 0.25) is 0 Å². The number of aliphatic hydroxyl groups is 1. The van der Waals surface area contributed by atoms with Crippen molar-refractivity contribution in [2.75, 3.05) is 20.3 Å². The van der Waals surface area contributed by atoms with Crippen LogP contribution in [0.4, 0.5) is 0 Å². The van der Waals surface area contributed by atoms with Gasteiger partial charge in [-0.25, -0.2) is 14.4 Å². The number of carbonyl (C=O) groups excluding carboxylic acids is 3. The van der Waals surface area contributed by atoms with Gasteiger partial charge in [0, 0.05) is 11.6 Å². The zero-order valence-electron chi connectivity index (χ0n) is 19.6. The van der Waals surface area contributed by atoms with Crippen LogP contribution >= 0.6 is 0 Å². The van der Waals surface area contributed by atoms with E-state index in [1.807, 2.05) is 43.3 Å². The summed E-state index contributed by atoms with van der Waals surface area (Å²) in [5.41, 5.74) is 1.61. The molecule has 0 amide bonds. The van der Waals surface area contributed by atoms with Crippen molar-refractivity contribution >= 4 is 24.0 Å². The summed E-state index contributed by atoms with van der Waals surface area (Å²) in [5, 5.41) is 8.28. The molecule has 0 saturated heterocycles. The van der Waals surface area contributed by atoms with Gasteiger partial charge < -0.3 is 19.3 Å². The van der Waals surface area contributed by atoms with Crippen molar-refractivity contribution < 1.29 is 33.7 Å². The highest BCUT2D eigenvalue weighted by molar-refractivity contribution is 5.86. The number of unbranched alkanes of at least 4 members (excludes halogenated alkanes) is 1. The number of hydrogen-bond acceptors (Lipinski definition) is 7. The van der Waals surface area contributed by atoms with Crippen LogP contribution in [-0.2, 0) is 28.6 Å². The van der Waals surface area contributed by atoms with Crippen molar-refractivity contribution in [1.82, 2.24) is 0 Å². The molecule has 0 aromatic heterocycles. The second-order valence-electron chi connectivity index (χ2n) is 5.78. The van der Waals surface area contributed by atoms with E-state index in [4.69, 9.17) is 5.11 Å². The molecule has 0 aliphatic rings. The first-order chi connectivity index (χ1) is 15.1. The van der Waals surface area contributed by atoms with Crippen molar-refractivity contribution in [2.45, 2.75) is 33.6 Å². The third kappa shape index (κ3) is 24.4. The Labute approximate surface area is 191 Å². The van der Waals surface area contributed by atoms with E-state index in [0.717, 1.165) is 12.8 Å². The van der Waals surface area contributed by atoms with Gasteiger partial charge in [0.1, 0.15) is 0 Å². The van der Waals surface area contributed by atoms with E-state index < -0.39 is 11.7 Å². The summed E-state index contributed by atoms with van der Waals surface area (Å²) < 4.78 is 13.3. The van der Waals surface area contributed by atoms with Crippen molar-refractivity contribution in [3.8, 4) is 0 Å². The molecule has 1 rings (SSSR count). The fraction of sp³-hybridized carbons (Fsp3) is 0.320. The molecule has 0 unspecified atom stereocenters. The first kappa shape index (κ1) is 33.0. The predicted molar refractivity (Wildman–Crippen MR) is 128 cm³/mol. The zero-order valence-corrected chi connectivity index (χ0v) is 19.6. The van der Waals surface area contributed by atoms with Gasteiger partial charge in [-0.05, 0) is 32.4 Å². The van der Waals surface area contributed by atoms with E-state index in [1.54, 1.807) is 13.8 Å². The molecule has 7 nitrogen and oxygen atoms in total. The standard InChI is InChI=1S/C8H8.C7H12O2.C5H8O3.C5H8O2/c1-2-8-6-4-3-5-7-8;1-3-5-6-9-7(8)4-2;1-3-8-5(7)4(2)6;1-4(2)5(6)7-3/h2-7H,1H2;4H,2-3,5-6H2,1H3;6H,2-3H2,1H3;1H2,2-3H3. The van der Waals surface area contributed by atoms with Gasteiger partial charge >= 0.3 is 17.9 Å². The molecule has 0 saturated carbocycles. The number of carbonyl (C=O) groups is 3. The summed E-state index contributed by atoms with van der Waals surface area (Å²) in [4.78, 5) is 30.7. The average molecular weight is 449 g/mol. The lowest BCUT2D eigenvalue weighted by Crippen LogP contribution is -2.05. The molecule has 0 atom stereocenters. The minimum absolute atomic E-state index is 0.262. The Morgan fingerprint density at radius 3 is 1.81 bits per heavy atom. The van der Waals surface area contributed by atoms with Crippen molar-refractivity contribution in [1.29, 1.82) is 0 Å². The van der Waals surface area contributed by atoms with Crippen LogP contribution in [0.3, 0.4) is 0 Å². The smallest absolute Gasteiger partial charge is 0.372 e. The Balaban J connectivity index is -0.000000352. The van der Waals surface area contributed by atoms with Gasteiger partial charge in [-0.1, -0.05) is 69.5 Å². The molecule has 0 fully saturated rings. The topological polar surface area (TPSA) is 99.1 Å². The number of ether oxygens (including phenoxy) is 3. The minimum atomic E-state index is -0.757. The number of rotatable bonds is 8. The van der Waals surface area contributed by atoms with E-state index in [0.29, 0.717) is 12.2 Å². The molecule has 0 spiro atoms. The van der Waals surface area contributed by atoms with E-state index in [1.165, 1.54) is 18.7 Å². The van der Waals surface area contributed by atoms with E-state index in [-0.39, 0.29) is 18.5 Å². The Morgan fingerprint density at radius 1 is 1.00 bits per heavy atom. The van der Waals surface area contributed by atoms with Gasteiger partial charge in [0.05, 0.1) is 20.3 Å². The molecule has 7 heteroatoms. The summed E-state index contributed by atoms with van der Waals surface area (Å²) in [6.07, 6.45) is 4.99. The summed E-state index contributed by atoms with van der Waals surface area (Å²) >= 11 is 0. The molecule has 1 aromatic rings. The molecule has 0 radical (unpaired) electrons. The number of hydrogen-bond donors (Lipinski definition) is 1. The van der Waals surface area contributed by atoms with Gasteiger partial charge in [0.15, 0.2) is 5.76 Å². The lowest BCUT2D eigenvalue weighted by Gasteiger charge is -1.97. The van der Waals surface area contributed by atoms with Crippen LogP contribution in [0, 0.1) is 0 Å². The maximum Gasteiger partial charge on any atom is 0.372 e. The number of aliphatic hydroxyl groups excluding tert-OH is 1. The molecule has 1 N–H and O–H groups in total. The molecular formula is C25H36O7. The maximum atomic E-state index is 10.3. The average Bonchev–Trinajstić information content (AvgIpc) is 2.80. The summed E-state index contributed by atoms with van der Waals surface area (Å²) in [7, 11) is 1.33. The predicted octanol–water partition coefficient (Wildman–Crippen LogP) is 5.20. The highest BCUT2D eigenvalue weighted by Gasteiger charge is 2.01. The van der Waals surface area contributed by atoms with Crippen LogP contribution in [0.15, 0.2) is 74.1 Å². The van der Waals surface area contributed by atoms with E-state index in [9.17, 15) is 14.4 Å². The van der Waals surface area contributed by atoms with Crippen molar-refractivity contribution in [3.63, 3.8) is 0 Å². The Kier molecular flexibility index (Phi) is 24.4. The number of methoxy groups -OCH3 is 1. The molecule has 0 aliphatic carbocycles. The SMILES string of the molecule is C=C(C)C(=O)OC.C=C(O)C(=O)OCC.C=CC(=O)OCCCC.C=Cc1ccccc1. The van der Waals surface area contributed by atoms with Crippen LogP contribution in [0.1, 0.15) is 39.2 Å². The van der Waals surface area contributed by atoms with E-state index >= 15 is 0 Å². The zero-order chi connectivity index (χ0) is 25.4. The Hall–Kier alpha value is -3.61. The van der Waals surface area contributed by atoms with Crippen molar-refractivity contribution in [2.24, 2.45) is 0 Å². The maximum absolute atomic E-state index is 10.3. The summed E-state index contributed by atoms with van der Waals surface area (Å²) in [6.45, 7) is 19.3. The van der Waals surface area contributed by atoms with Gasteiger partial charge in [-0.15, -0.1) is 0 Å². The lowest BCUT2D eigenvalue weighted by atomic mass is 10.2. The first-order valence-electron chi connectivity index (χ1n) is 9.86. The quantitative estimate of drug-likeness (QED) is 0.192. The van der Waals surface area contributed by atoms with Gasteiger partial charge in [0.25, 0.3) is 0 Å². The van der Waals surface area contributed by atoms with Crippen LogP contribution in [0.25, 0.3) is 6.08 Å². The molecule has 178 valence electrons. The minimum Gasteiger partial charge on any atom is -0.502 e. The Bertz CT molecular complexity index is 706. The monoisotopic (exact) mass is 448 g/mol. The molecule has 0 bridgehead atoms. The fourth-order valence-corrected chi connectivity index (χ4v) is 1.35. The van der Waals surface area contributed by atoms with E-state index in [2.05, 4.69) is 40.5 Å². The second-order valence-corrected chi connectivity index (χ2v) is 5.78. The fourth-order valence-electron chi connectivity index (χ4n) is 1.35. The third-order valence-electron chi connectivity index (χ3n) is 2.99. The molecule has 32 heavy (non-hydrogen) atoms. The Morgan fingerprint density at radius 2 is 1.56 bits per heavy atom. The van der Waals surface area contributed by atoms with Crippen LogP contribution in [-0.4, -0.2) is 43.3 Å².